The Balaban J connectivity index is 2.00. The van der Waals surface area contributed by atoms with Crippen LogP contribution in [-0.2, 0) is 25.3 Å². The second kappa shape index (κ2) is 4.11. The van der Waals surface area contributed by atoms with Gasteiger partial charge in [-0.15, -0.1) is 0 Å². The number of aryl methyl sites for hydroxylation is 3. The first-order valence-electron chi connectivity index (χ1n) is 6.22. The number of anilines is 2. The molecule has 1 atom stereocenters. The second-order valence-corrected chi connectivity index (χ2v) is 4.66. The maximum atomic E-state index is 12.2. The molecule has 1 amide bonds. The molecule has 1 aliphatic rings. The summed E-state index contributed by atoms with van der Waals surface area (Å²) < 4.78 is 3.44. The number of hydrogen-bond donors (Lipinski definition) is 2. The summed E-state index contributed by atoms with van der Waals surface area (Å²) in [5, 5.41) is 14.7. The summed E-state index contributed by atoms with van der Waals surface area (Å²) in [4.78, 5) is 12.2. The summed E-state index contributed by atoms with van der Waals surface area (Å²) in [6.07, 6.45) is 4.31. The number of rotatable bonds is 2. The zero-order valence-corrected chi connectivity index (χ0v) is 11.1. The standard InChI is InChI=1S/C12H16N6O/c1-4-8-10-11(18(3)16-8)14-9(12(19)15-10)7-5-13-17(2)6-7/h5-6,9,14H,4H2,1-3H3,(H,15,19). The van der Waals surface area contributed by atoms with Crippen molar-refractivity contribution >= 4 is 17.4 Å². The molecule has 2 N–H and O–H groups in total. The van der Waals surface area contributed by atoms with E-state index in [1.807, 2.05) is 27.2 Å². The lowest BCUT2D eigenvalue weighted by molar-refractivity contribution is -0.117. The average Bonchev–Trinajstić information content (AvgIpc) is 2.93. The fourth-order valence-corrected chi connectivity index (χ4v) is 2.35. The van der Waals surface area contributed by atoms with Crippen LogP contribution >= 0.6 is 0 Å². The van der Waals surface area contributed by atoms with Gasteiger partial charge in [-0.2, -0.15) is 10.2 Å². The van der Waals surface area contributed by atoms with E-state index in [0.29, 0.717) is 0 Å². The van der Waals surface area contributed by atoms with Gasteiger partial charge >= 0.3 is 0 Å². The molecule has 0 fully saturated rings. The Kier molecular flexibility index (Phi) is 2.55. The zero-order valence-electron chi connectivity index (χ0n) is 11.1. The van der Waals surface area contributed by atoms with Crippen LogP contribution in [0.5, 0.6) is 0 Å². The molecule has 2 aromatic heterocycles. The minimum absolute atomic E-state index is 0.0804. The number of amides is 1. The summed E-state index contributed by atoms with van der Waals surface area (Å²) in [6.45, 7) is 2.02. The number of aromatic nitrogens is 4. The number of carbonyl (C=O) groups excluding carboxylic acids is 1. The summed E-state index contributed by atoms with van der Waals surface area (Å²) in [7, 11) is 3.69. The van der Waals surface area contributed by atoms with Crippen LogP contribution in [0.15, 0.2) is 12.4 Å². The molecule has 3 rings (SSSR count). The van der Waals surface area contributed by atoms with Crippen LogP contribution in [-0.4, -0.2) is 25.5 Å². The van der Waals surface area contributed by atoms with E-state index >= 15 is 0 Å². The Morgan fingerprint density at radius 1 is 1.42 bits per heavy atom. The van der Waals surface area contributed by atoms with Gasteiger partial charge in [0.15, 0.2) is 0 Å². The molecule has 3 heterocycles. The van der Waals surface area contributed by atoms with Gasteiger partial charge in [0.05, 0.1) is 11.9 Å². The van der Waals surface area contributed by atoms with Gasteiger partial charge in [-0.3, -0.25) is 14.2 Å². The van der Waals surface area contributed by atoms with Crippen molar-refractivity contribution < 1.29 is 4.79 Å². The highest BCUT2D eigenvalue weighted by Crippen LogP contribution is 2.34. The first-order valence-corrected chi connectivity index (χ1v) is 6.22. The maximum absolute atomic E-state index is 12.2. The van der Waals surface area contributed by atoms with E-state index in [0.717, 1.165) is 29.2 Å². The van der Waals surface area contributed by atoms with E-state index in [9.17, 15) is 4.79 Å². The third-order valence-corrected chi connectivity index (χ3v) is 3.30. The molecule has 100 valence electrons. The van der Waals surface area contributed by atoms with Gasteiger partial charge in [0, 0.05) is 25.9 Å². The zero-order chi connectivity index (χ0) is 13.6. The van der Waals surface area contributed by atoms with Crippen LogP contribution in [0.1, 0.15) is 24.2 Å². The molecule has 1 aliphatic heterocycles. The van der Waals surface area contributed by atoms with Crippen LogP contribution in [0, 0.1) is 0 Å². The Hall–Kier alpha value is -2.31. The van der Waals surface area contributed by atoms with Crippen LogP contribution in [0.25, 0.3) is 0 Å². The van der Waals surface area contributed by atoms with E-state index < -0.39 is 6.04 Å². The first kappa shape index (κ1) is 11.8. The SMILES string of the molecule is CCc1nn(C)c2c1NC(=O)C(c1cnn(C)c1)N2. The van der Waals surface area contributed by atoms with Crippen molar-refractivity contribution in [2.75, 3.05) is 10.6 Å². The Bertz CT molecular complexity index is 641. The molecule has 19 heavy (non-hydrogen) atoms. The predicted molar refractivity (Wildman–Crippen MR) is 70.8 cm³/mol. The Morgan fingerprint density at radius 3 is 2.84 bits per heavy atom. The van der Waals surface area contributed by atoms with Crippen molar-refractivity contribution in [2.24, 2.45) is 14.1 Å². The molecule has 1 unspecified atom stereocenters. The lowest BCUT2D eigenvalue weighted by atomic mass is 10.1. The maximum Gasteiger partial charge on any atom is 0.251 e. The summed E-state index contributed by atoms with van der Waals surface area (Å²) in [6, 6.07) is -0.429. The van der Waals surface area contributed by atoms with Crippen molar-refractivity contribution in [2.45, 2.75) is 19.4 Å². The van der Waals surface area contributed by atoms with Gasteiger partial charge in [-0.05, 0) is 6.42 Å². The minimum Gasteiger partial charge on any atom is -0.353 e. The van der Waals surface area contributed by atoms with Gasteiger partial charge < -0.3 is 10.6 Å². The van der Waals surface area contributed by atoms with E-state index in [1.54, 1.807) is 15.6 Å². The fraction of sp³-hybridized carbons (Fsp3) is 0.417. The number of nitrogens with zero attached hydrogens (tertiary/aromatic N) is 4. The van der Waals surface area contributed by atoms with Gasteiger partial charge in [0.2, 0.25) is 0 Å². The highest BCUT2D eigenvalue weighted by molar-refractivity contribution is 6.03. The number of hydrogen-bond acceptors (Lipinski definition) is 4. The van der Waals surface area contributed by atoms with Crippen molar-refractivity contribution in [3.8, 4) is 0 Å². The van der Waals surface area contributed by atoms with Crippen LogP contribution < -0.4 is 10.6 Å². The molecule has 0 bridgehead atoms. The molecule has 0 radical (unpaired) electrons. The summed E-state index contributed by atoms with van der Waals surface area (Å²) >= 11 is 0. The number of carbonyl (C=O) groups is 1. The topological polar surface area (TPSA) is 76.8 Å². The molecular weight excluding hydrogens is 244 g/mol. The van der Waals surface area contributed by atoms with Crippen LogP contribution in [0.2, 0.25) is 0 Å². The van der Waals surface area contributed by atoms with Crippen molar-refractivity contribution in [1.82, 2.24) is 19.6 Å². The van der Waals surface area contributed by atoms with Crippen molar-refractivity contribution in [1.29, 1.82) is 0 Å². The van der Waals surface area contributed by atoms with Gasteiger partial charge in [0.25, 0.3) is 5.91 Å². The van der Waals surface area contributed by atoms with Crippen molar-refractivity contribution in [3.05, 3.63) is 23.7 Å². The lowest BCUT2D eigenvalue weighted by Gasteiger charge is -2.24. The summed E-state index contributed by atoms with van der Waals surface area (Å²) in [5.41, 5.74) is 2.52. The van der Waals surface area contributed by atoms with E-state index in [1.165, 1.54) is 0 Å². The lowest BCUT2D eigenvalue weighted by Crippen LogP contribution is -2.32. The van der Waals surface area contributed by atoms with Crippen LogP contribution in [0.3, 0.4) is 0 Å². The molecule has 0 spiro atoms. The Labute approximate surface area is 110 Å². The number of nitrogens with one attached hydrogen (secondary N) is 2. The van der Waals surface area contributed by atoms with E-state index in [2.05, 4.69) is 20.8 Å². The van der Waals surface area contributed by atoms with Gasteiger partial charge in [-0.25, -0.2) is 0 Å². The van der Waals surface area contributed by atoms with Crippen LogP contribution in [0.4, 0.5) is 11.5 Å². The van der Waals surface area contributed by atoms with Crippen molar-refractivity contribution in [3.63, 3.8) is 0 Å². The third-order valence-electron chi connectivity index (χ3n) is 3.30. The molecule has 0 saturated heterocycles. The molecule has 0 saturated carbocycles. The molecule has 0 aromatic carbocycles. The predicted octanol–water partition coefficient (Wildman–Crippen LogP) is 0.821. The normalized spacial score (nSPS) is 17.8. The minimum atomic E-state index is -0.429. The first-order chi connectivity index (χ1) is 9.10. The number of fused-ring (bicyclic) bond motifs is 1. The Morgan fingerprint density at radius 2 is 2.21 bits per heavy atom. The van der Waals surface area contributed by atoms with Gasteiger partial charge in [0.1, 0.15) is 17.5 Å². The average molecular weight is 260 g/mol. The summed E-state index contributed by atoms with van der Waals surface area (Å²) in [5.74, 6) is 0.758. The highest BCUT2D eigenvalue weighted by Gasteiger charge is 2.31. The van der Waals surface area contributed by atoms with E-state index in [4.69, 9.17) is 0 Å². The molecule has 7 nitrogen and oxygen atoms in total. The van der Waals surface area contributed by atoms with Gasteiger partial charge in [-0.1, -0.05) is 6.92 Å². The molecule has 2 aromatic rings. The van der Waals surface area contributed by atoms with E-state index in [-0.39, 0.29) is 5.91 Å². The molecule has 0 aliphatic carbocycles. The molecule has 7 heteroatoms. The fourth-order valence-electron chi connectivity index (χ4n) is 2.35. The largest absolute Gasteiger partial charge is 0.353 e. The monoisotopic (exact) mass is 260 g/mol. The highest BCUT2D eigenvalue weighted by atomic mass is 16.2. The smallest absolute Gasteiger partial charge is 0.251 e. The molecular formula is C12H16N6O. The quantitative estimate of drug-likeness (QED) is 0.838. The third kappa shape index (κ3) is 1.78. The second-order valence-electron chi connectivity index (χ2n) is 4.66.